The standard InChI is InChI=1S/C14H15BrClN3O/c1-3-10-13(15)11(19(4-2)18-10)8-12(20)14-9(16)6-5-7-17-14/h5-7H,3-4,8H2,1-2H3. The Morgan fingerprint density at radius 2 is 2.20 bits per heavy atom. The predicted molar refractivity (Wildman–Crippen MR) is 82.3 cm³/mol. The number of nitrogens with zero attached hydrogens (tertiary/aromatic N) is 3. The second-order valence-electron chi connectivity index (χ2n) is 4.31. The van der Waals surface area contributed by atoms with Gasteiger partial charge in [-0.05, 0) is 41.4 Å². The molecule has 0 aromatic carbocycles. The molecule has 4 nitrogen and oxygen atoms in total. The van der Waals surface area contributed by atoms with Gasteiger partial charge in [0.05, 0.1) is 27.3 Å². The van der Waals surface area contributed by atoms with Crippen LogP contribution in [0.5, 0.6) is 0 Å². The van der Waals surface area contributed by atoms with Crippen molar-refractivity contribution in [2.75, 3.05) is 0 Å². The Hall–Kier alpha value is -1.20. The van der Waals surface area contributed by atoms with Crippen molar-refractivity contribution in [2.24, 2.45) is 0 Å². The van der Waals surface area contributed by atoms with E-state index in [-0.39, 0.29) is 12.2 Å². The van der Waals surface area contributed by atoms with E-state index in [2.05, 4.69) is 26.0 Å². The molecule has 2 aromatic heterocycles. The molecule has 0 aliphatic heterocycles. The zero-order chi connectivity index (χ0) is 14.7. The van der Waals surface area contributed by atoms with Crippen molar-refractivity contribution < 1.29 is 4.79 Å². The molecule has 6 heteroatoms. The molecule has 0 saturated heterocycles. The SMILES string of the molecule is CCc1nn(CC)c(CC(=O)c2ncccc2Cl)c1Br. The van der Waals surface area contributed by atoms with Crippen LogP contribution in [-0.2, 0) is 19.4 Å². The minimum Gasteiger partial charge on any atom is -0.292 e. The fourth-order valence-corrected chi connectivity index (χ4v) is 2.94. The average molecular weight is 357 g/mol. The quantitative estimate of drug-likeness (QED) is 0.767. The van der Waals surface area contributed by atoms with Gasteiger partial charge < -0.3 is 0 Å². The van der Waals surface area contributed by atoms with Crippen molar-refractivity contribution >= 4 is 33.3 Å². The molecule has 0 aliphatic carbocycles. The van der Waals surface area contributed by atoms with Gasteiger partial charge >= 0.3 is 0 Å². The van der Waals surface area contributed by atoms with Crippen molar-refractivity contribution in [3.8, 4) is 0 Å². The van der Waals surface area contributed by atoms with E-state index in [0.29, 0.717) is 10.7 Å². The maximum atomic E-state index is 12.3. The molecule has 2 heterocycles. The average Bonchev–Trinajstić information content (AvgIpc) is 2.75. The van der Waals surface area contributed by atoms with Crippen molar-refractivity contribution in [3.05, 3.63) is 44.9 Å². The zero-order valence-electron chi connectivity index (χ0n) is 11.4. The van der Waals surface area contributed by atoms with Gasteiger partial charge in [-0.25, -0.2) is 0 Å². The monoisotopic (exact) mass is 355 g/mol. The van der Waals surface area contributed by atoms with Gasteiger partial charge in [-0.15, -0.1) is 0 Å². The normalized spacial score (nSPS) is 10.8. The maximum Gasteiger partial charge on any atom is 0.188 e. The number of aryl methyl sites for hydroxylation is 2. The number of hydrogen-bond acceptors (Lipinski definition) is 3. The molecule has 106 valence electrons. The number of aromatic nitrogens is 3. The van der Waals surface area contributed by atoms with Crippen molar-refractivity contribution in [1.29, 1.82) is 0 Å². The van der Waals surface area contributed by atoms with Crippen LogP contribution < -0.4 is 0 Å². The number of halogens is 2. The van der Waals surface area contributed by atoms with Crippen molar-refractivity contribution in [3.63, 3.8) is 0 Å². The zero-order valence-corrected chi connectivity index (χ0v) is 13.7. The van der Waals surface area contributed by atoms with Crippen molar-refractivity contribution in [2.45, 2.75) is 33.2 Å². The Balaban J connectivity index is 2.33. The smallest absolute Gasteiger partial charge is 0.188 e. The summed E-state index contributed by atoms with van der Waals surface area (Å²) in [5, 5.41) is 4.86. The van der Waals surface area contributed by atoms with Crippen LogP contribution in [0.15, 0.2) is 22.8 Å². The van der Waals surface area contributed by atoms with Gasteiger partial charge in [0.15, 0.2) is 5.78 Å². The number of hydrogen-bond donors (Lipinski definition) is 0. The largest absolute Gasteiger partial charge is 0.292 e. The van der Waals surface area contributed by atoms with Crippen LogP contribution in [0.1, 0.15) is 35.7 Å². The van der Waals surface area contributed by atoms with Gasteiger partial charge in [-0.3, -0.25) is 14.5 Å². The summed E-state index contributed by atoms with van der Waals surface area (Å²) in [6.45, 7) is 4.76. The molecule has 0 saturated carbocycles. The molecule has 0 unspecified atom stereocenters. The van der Waals surface area contributed by atoms with Gasteiger partial charge in [0.2, 0.25) is 0 Å². The molecule has 0 aliphatic rings. The first-order chi connectivity index (χ1) is 9.58. The van der Waals surface area contributed by atoms with E-state index in [9.17, 15) is 4.79 Å². The Morgan fingerprint density at radius 1 is 1.45 bits per heavy atom. The number of carbonyl (C=O) groups excluding carboxylic acids is 1. The summed E-state index contributed by atoms with van der Waals surface area (Å²) in [6, 6.07) is 3.38. The molecule has 0 spiro atoms. The lowest BCUT2D eigenvalue weighted by molar-refractivity contribution is 0.0985. The molecule has 2 rings (SSSR count). The fraction of sp³-hybridized carbons (Fsp3) is 0.357. The third-order valence-corrected chi connectivity index (χ3v) is 4.27. The van der Waals surface area contributed by atoms with Gasteiger partial charge in [0, 0.05) is 12.7 Å². The number of carbonyl (C=O) groups is 1. The Labute approximate surface area is 131 Å². The highest BCUT2D eigenvalue weighted by Gasteiger charge is 2.19. The summed E-state index contributed by atoms with van der Waals surface area (Å²) < 4.78 is 2.75. The van der Waals surface area contributed by atoms with E-state index in [1.807, 2.05) is 18.5 Å². The minimum absolute atomic E-state index is 0.103. The predicted octanol–water partition coefficient (Wildman–Crippen LogP) is 3.70. The van der Waals surface area contributed by atoms with Gasteiger partial charge in [0.25, 0.3) is 0 Å². The third kappa shape index (κ3) is 2.94. The van der Waals surface area contributed by atoms with Crippen LogP contribution in [0.3, 0.4) is 0 Å². The summed E-state index contributed by atoms with van der Waals surface area (Å²) in [7, 11) is 0. The summed E-state index contributed by atoms with van der Waals surface area (Å²) in [5.41, 5.74) is 2.14. The molecule has 20 heavy (non-hydrogen) atoms. The van der Waals surface area contributed by atoms with E-state index in [0.717, 1.165) is 28.8 Å². The first-order valence-electron chi connectivity index (χ1n) is 6.46. The van der Waals surface area contributed by atoms with Crippen LogP contribution in [0.25, 0.3) is 0 Å². The molecule has 0 fully saturated rings. The number of ketones is 1. The first-order valence-corrected chi connectivity index (χ1v) is 7.63. The molecular formula is C14H15BrClN3O. The molecule has 0 radical (unpaired) electrons. The lowest BCUT2D eigenvalue weighted by atomic mass is 10.1. The fourth-order valence-electron chi connectivity index (χ4n) is 2.01. The molecule has 0 bridgehead atoms. The topological polar surface area (TPSA) is 47.8 Å². The van der Waals surface area contributed by atoms with Crippen LogP contribution in [0.4, 0.5) is 0 Å². The Morgan fingerprint density at radius 3 is 2.80 bits per heavy atom. The van der Waals surface area contributed by atoms with Crippen LogP contribution in [-0.4, -0.2) is 20.5 Å². The van der Waals surface area contributed by atoms with Crippen molar-refractivity contribution in [1.82, 2.24) is 14.8 Å². The second-order valence-corrected chi connectivity index (χ2v) is 5.51. The summed E-state index contributed by atoms with van der Waals surface area (Å²) in [6.07, 6.45) is 2.63. The Kier molecular flexibility index (Phi) is 4.94. The maximum absolute atomic E-state index is 12.3. The lowest BCUT2D eigenvalue weighted by Gasteiger charge is -2.05. The highest BCUT2D eigenvalue weighted by molar-refractivity contribution is 9.10. The van der Waals surface area contributed by atoms with E-state index in [1.54, 1.807) is 18.3 Å². The summed E-state index contributed by atoms with van der Waals surface area (Å²) in [5.74, 6) is -0.103. The van der Waals surface area contributed by atoms with E-state index >= 15 is 0 Å². The molecule has 0 amide bonds. The van der Waals surface area contributed by atoms with E-state index in [1.165, 1.54) is 0 Å². The number of rotatable bonds is 5. The van der Waals surface area contributed by atoms with Gasteiger partial charge in [0.1, 0.15) is 5.69 Å². The lowest BCUT2D eigenvalue weighted by Crippen LogP contribution is -2.11. The van der Waals surface area contributed by atoms with Crippen LogP contribution >= 0.6 is 27.5 Å². The molecule has 2 aromatic rings. The highest BCUT2D eigenvalue weighted by Crippen LogP contribution is 2.24. The molecular weight excluding hydrogens is 342 g/mol. The van der Waals surface area contributed by atoms with Crippen LogP contribution in [0, 0.1) is 0 Å². The third-order valence-electron chi connectivity index (χ3n) is 3.04. The van der Waals surface area contributed by atoms with Gasteiger partial charge in [-0.1, -0.05) is 18.5 Å². The van der Waals surface area contributed by atoms with Crippen LogP contribution in [0.2, 0.25) is 5.02 Å². The van der Waals surface area contributed by atoms with E-state index in [4.69, 9.17) is 11.6 Å². The highest BCUT2D eigenvalue weighted by atomic mass is 79.9. The number of pyridine rings is 1. The van der Waals surface area contributed by atoms with E-state index < -0.39 is 0 Å². The second kappa shape index (κ2) is 6.50. The summed E-state index contributed by atoms with van der Waals surface area (Å²) >= 11 is 9.55. The first kappa shape index (κ1) is 15.2. The number of Topliss-reactive ketones (excluding diaryl/α,β-unsaturated/α-hetero) is 1. The minimum atomic E-state index is -0.103. The molecule has 0 N–H and O–H groups in total. The van der Waals surface area contributed by atoms with Gasteiger partial charge in [-0.2, -0.15) is 5.10 Å². The molecule has 0 atom stereocenters. The summed E-state index contributed by atoms with van der Waals surface area (Å²) in [4.78, 5) is 16.4. The Bertz CT molecular complexity index is 639.